The van der Waals surface area contributed by atoms with Crippen molar-refractivity contribution in [3.8, 4) is 0 Å². The number of amides is 1. The standard InChI is InChI=1S/C24H26N4O/c1-2-28(21-11-7-4-8-12-21)22-13-14-25-23(19-22)24(29)27-17-15-26(16-18-27)20-9-5-3-6-10-20/h3-14,19H,2,15-18H2,1H3. The molecule has 0 unspecified atom stereocenters. The minimum atomic E-state index is 0.00340. The van der Waals surface area contributed by atoms with Gasteiger partial charge in [-0.1, -0.05) is 36.4 Å². The molecule has 0 saturated carbocycles. The smallest absolute Gasteiger partial charge is 0.272 e. The highest BCUT2D eigenvalue weighted by atomic mass is 16.2. The van der Waals surface area contributed by atoms with Gasteiger partial charge in [-0.25, -0.2) is 0 Å². The van der Waals surface area contributed by atoms with E-state index < -0.39 is 0 Å². The second-order valence-corrected chi connectivity index (χ2v) is 7.09. The molecule has 1 aliphatic rings. The van der Waals surface area contributed by atoms with Gasteiger partial charge in [-0.15, -0.1) is 0 Å². The van der Waals surface area contributed by atoms with Crippen molar-refractivity contribution in [1.29, 1.82) is 0 Å². The second kappa shape index (κ2) is 8.78. The molecule has 1 amide bonds. The van der Waals surface area contributed by atoms with E-state index in [0.29, 0.717) is 18.8 Å². The second-order valence-electron chi connectivity index (χ2n) is 7.09. The van der Waals surface area contributed by atoms with Gasteiger partial charge >= 0.3 is 0 Å². The van der Waals surface area contributed by atoms with Crippen LogP contribution in [0.3, 0.4) is 0 Å². The van der Waals surface area contributed by atoms with Crippen molar-refractivity contribution in [2.75, 3.05) is 42.5 Å². The van der Waals surface area contributed by atoms with Gasteiger partial charge < -0.3 is 14.7 Å². The fourth-order valence-corrected chi connectivity index (χ4v) is 3.79. The number of hydrogen-bond acceptors (Lipinski definition) is 4. The summed E-state index contributed by atoms with van der Waals surface area (Å²) in [6.45, 7) is 6.00. The summed E-state index contributed by atoms with van der Waals surface area (Å²) >= 11 is 0. The van der Waals surface area contributed by atoms with Gasteiger partial charge in [-0.3, -0.25) is 9.78 Å². The van der Waals surface area contributed by atoms with E-state index in [-0.39, 0.29) is 5.91 Å². The summed E-state index contributed by atoms with van der Waals surface area (Å²) in [7, 11) is 0. The number of carbonyl (C=O) groups excluding carboxylic acids is 1. The number of benzene rings is 2. The first-order chi connectivity index (χ1) is 14.3. The molecule has 1 aliphatic heterocycles. The molecule has 5 nitrogen and oxygen atoms in total. The van der Waals surface area contributed by atoms with E-state index in [2.05, 4.69) is 58.1 Å². The molecule has 0 N–H and O–H groups in total. The SMILES string of the molecule is CCN(c1ccccc1)c1ccnc(C(=O)N2CCN(c3ccccc3)CC2)c1. The zero-order valence-corrected chi connectivity index (χ0v) is 16.7. The number of para-hydroxylation sites is 2. The summed E-state index contributed by atoms with van der Waals surface area (Å²) in [6.07, 6.45) is 1.73. The van der Waals surface area contributed by atoms with Crippen LogP contribution in [0, 0.1) is 0 Å². The lowest BCUT2D eigenvalue weighted by atomic mass is 10.2. The molecular weight excluding hydrogens is 360 g/mol. The number of hydrogen-bond donors (Lipinski definition) is 0. The molecular formula is C24H26N4O. The molecule has 3 aromatic rings. The van der Waals surface area contributed by atoms with Crippen LogP contribution in [0.4, 0.5) is 17.1 Å². The molecule has 0 radical (unpaired) electrons. The molecule has 2 heterocycles. The van der Waals surface area contributed by atoms with E-state index in [9.17, 15) is 4.79 Å². The molecule has 29 heavy (non-hydrogen) atoms. The molecule has 1 saturated heterocycles. The molecule has 0 bridgehead atoms. The zero-order chi connectivity index (χ0) is 20.1. The van der Waals surface area contributed by atoms with Crippen LogP contribution >= 0.6 is 0 Å². The van der Waals surface area contributed by atoms with Gasteiger partial charge in [0.1, 0.15) is 5.69 Å². The number of pyridine rings is 1. The predicted molar refractivity (Wildman–Crippen MR) is 118 cm³/mol. The van der Waals surface area contributed by atoms with Gasteiger partial charge in [0.25, 0.3) is 5.91 Å². The Morgan fingerprint density at radius 2 is 1.55 bits per heavy atom. The van der Waals surface area contributed by atoms with Crippen molar-refractivity contribution in [1.82, 2.24) is 9.88 Å². The van der Waals surface area contributed by atoms with Gasteiger partial charge in [0, 0.05) is 56.0 Å². The first-order valence-electron chi connectivity index (χ1n) is 10.1. The van der Waals surface area contributed by atoms with Crippen LogP contribution in [0.25, 0.3) is 0 Å². The third-order valence-electron chi connectivity index (χ3n) is 5.35. The van der Waals surface area contributed by atoms with Crippen LogP contribution < -0.4 is 9.80 Å². The highest BCUT2D eigenvalue weighted by Crippen LogP contribution is 2.25. The molecule has 1 fully saturated rings. The fourth-order valence-electron chi connectivity index (χ4n) is 3.79. The Hall–Kier alpha value is -3.34. The molecule has 5 heteroatoms. The Morgan fingerprint density at radius 1 is 0.897 bits per heavy atom. The lowest BCUT2D eigenvalue weighted by molar-refractivity contribution is 0.0741. The largest absolute Gasteiger partial charge is 0.368 e. The number of rotatable bonds is 5. The molecule has 0 spiro atoms. The third-order valence-corrected chi connectivity index (χ3v) is 5.35. The van der Waals surface area contributed by atoms with Gasteiger partial charge in [-0.05, 0) is 43.3 Å². The highest BCUT2D eigenvalue weighted by Gasteiger charge is 2.23. The van der Waals surface area contributed by atoms with Gasteiger partial charge in [-0.2, -0.15) is 0 Å². The molecule has 1 aromatic heterocycles. The Bertz CT molecular complexity index is 937. The van der Waals surface area contributed by atoms with E-state index in [1.807, 2.05) is 41.3 Å². The quantitative estimate of drug-likeness (QED) is 0.659. The first-order valence-corrected chi connectivity index (χ1v) is 10.1. The fraction of sp³-hybridized carbons (Fsp3) is 0.250. The lowest BCUT2D eigenvalue weighted by Gasteiger charge is -2.36. The number of anilines is 3. The van der Waals surface area contributed by atoms with Crippen molar-refractivity contribution >= 4 is 23.0 Å². The Kier molecular flexibility index (Phi) is 5.75. The van der Waals surface area contributed by atoms with Crippen LogP contribution in [0.15, 0.2) is 79.0 Å². The van der Waals surface area contributed by atoms with Crippen LogP contribution in [-0.2, 0) is 0 Å². The van der Waals surface area contributed by atoms with E-state index in [1.165, 1.54) is 5.69 Å². The maximum Gasteiger partial charge on any atom is 0.272 e. The monoisotopic (exact) mass is 386 g/mol. The molecule has 0 aliphatic carbocycles. The average molecular weight is 386 g/mol. The summed E-state index contributed by atoms with van der Waals surface area (Å²) in [6, 6.07) is 24.4. The van der Waals surface area contributed by atoms with E-state index in [4.69, 9.17) is 0 Å². The number of nitrogens with zero attached hydrogens (tertiary/aromatic N) is 4. The third kappa shape index (κ3) is 4.24. The van der Waals surface area contributed by atoms with Gasteiger partial charge in [0.2, 0.25) is 0 Å². The van der Waals surface area contributed by atoms with Gasteiger partial charge in [0.15, 0.2) is 0 Å². The first kappa shape index (κ1) is 19.0. The summed E-state index contributed by atoms with van der Waals surface area (Å²) in [5.74, 6) is 0.00340. The average Bonchev–Trinajstić information content (AvgIpc) is 2.81. The Balaban J connectivity index is 1.46. The Morgan fingerprint density at radius 3 is 2.21 bits per heavy atom. The van der Waals surface area contributed by atoms with Crippen molar-refractivity contribution in [3.63, 3.8) is 0 Å². The summed E-state index contributed by atoms with van der Waals surface area (Å²) in [4.78, 5) is 23.9. The molecule has 2 aromatic carbocycles. The van der Waals surface area contributed by atoms with Crippen LogP contribution in [0.2, 0.25) is 0 Å². The Labute approximate surface area is 172 Å². The number of aromatic nitrogens is 1. The van der Waals surface area contributed by atoms with E-state index in [1.54, 1.807) is 6.20 Å². The predicted octanol–water partition coefficient (Wildman–Crippen LogP) is 4.20. The van der Waals surface area contributed by atoms with Crippen molar-refractivity contribution < 1.29 is 4.79 Å². The maximum atomic E-state index is 13.1. The zero-order valence-electron chi connectivity index (χ0n) is 16.7. The normalized spacial score (nSPS) is 14.0. The van der Waals surface area contributed by atoms with Crippen LogP contribution in [-0.4, -0.2) is 48.5 Å². The minimum Gasteiger partial charge on any atom is -0.368 e. The molecule has 0 atom stereocenters. The van der Waals surface area contributed by atoms with Crippen molar-refractivity contribution in [2.45, 2.75) is 6.92 Å². The molecule has 148 valence electrons. The number of piperazine rings is 1. The summed E-state index contributed by atoms with van der Waals surface area (Å²) in [5, 5.41) is 0. The number of carbonyl (C=O) groups is 1. The van der Waals surface area contributed by atoms with Crippen molar-refractivity contribution in [2.24, 2.45) is 0 Å². The molecule has 4 rings (SSSR count). The summed E-state index contributed by atoms with van der Waals surface area (Å²) < 4.78 is 0. The highest BCUT2D eigenvalue weighted by molar-refractivity contribution is 5.93. The topological polar surface area (TPSA) is 39.7 Å². The van der Waals surface area contributed by atoms with Crippen molar-refractivity contribution in [3.05, 3.63) is 84.7 Å². The van der Waals surface area contributed by atoms with Crippen LogP contribution in [0.5, 0.6) is 0 Å². The van der Waals surface area contributed by atoms with Gasteiger partial charge in [0.05, 0.1) is 0 Å². The van der Waals surface area contributed by atoms with E-state index >= 15 is 0 Å². The minimum absolute atomic E-state index is 0.00340. The summed E-state index contributed by atoms with van der Waals surface area (Å²) in [5.41, 5.74) is 3.81. The van der Waals surface area contributed by atoms with Crippen LogP contribution in [0.1, 0.15) is 17.4 Å². The maximum absolute atomic E-state index is 13.1. The van der Waals surface area contributed by atoms with E-state index in [0.717, 1.165) is 31.0 Å². The lowest BCUT2D eigenvalue weighted by Crippen LogP contribution is -2.49.